The summed E-state index contributed by atoms with van der Waals surface area (Å²) in [7, 11) is 0. The minimum absolute atomic E-state index is 0.293. The van der Waals surface area contributed by atoms with Gasteiger partial charge in [-0.1, -0.05) is 5.16 Å². The van der Waals surface area contributed by atoms with Gasteiger partial charge in [0.15, 0.2) is 0 Å². The van der Waals surface area contributed by atoms with E-state index in [1.807, 2.05) is 12.1 Å². The highest BCUT2D eigenvalue weighted by Gasteiger charge is 2.02. The third-order valence-corrected chi connectivity index (χ3v) is 1.64. The lowest BCUT2D eigenvalue weighted by Crippen LogP contribution is -1.75. The topological polar surface area (TPSA) is 38.9 Å². The Morgan fingerprint density at radius 3 is 2.58 bits per heavy atom. The van der Waals surface area contributed by atoms with Crippen LogP contribution in [0.15, 0.2) is 35.1 Å². The van der Waals surface area contributed by atoms with Crippen molar-refractivity contribution in [2.75, 3.05) is 0 Å². The largest absolute Gasteiger partial charge is 0.344 e. The van der Waals surface area contributed by atoms with Gasteiger partial charge in [-0.05, 0) is 23.7 Å². The average molecular weight is 181 g/mol. The highest BCUT2D eigenvalue weighted by Crippen LogP contribution is 2.20. The molecule has 12 heavy (non-hydrogen) atoms. The van der Waals surface area contributed by atoms with Crippen LogP contribution in [0.25, 0.3) is 11.3 Å². The van der Waals surface area contributed by atoms with Crippen molar-refractivity contribution in [3.63, 3.8) is 0 Å². The van der Waals surface area contributed by atoms with E-state index < -0.39 is 0 Å². The molecule has 2 aromatic heterocycles. The minimum atomic E-state index is 0.293. The monoisotopic (exact) mass is 180 g/mol. The summed E-state index contributed by atoms with van der Waals surface area (Å²) < 4.78 is 4.71. The molecule has 0 spiro atoms. The van der Waals surface area contributed by atoms with E-state index in [1.54, 1.807) is 18.5 Å². The molecule has 60 valence electrons. The molecule has 0 aromatic carbocycles. The molecule has 0 amide bonds. The van der Waals surface area contributed by atoms with E-state index in [9.17, 15) is 0 Å². The van der Waals surface area contributed by atoms with Gasteiger partial charge >= 0.3 is 0 Å². The maximum Gasteiger partial charge on any atom is 0.226 e. The summed E-state index contributed by atoms with van der Waals surface area (Å²) in [5.41, 5.74) is 1.67. The highest BCUT2D eigenvalue weighted by atomic mass is 35.5. The maximum atomic E-state index is 5.57. The predicted octanol–water partition coefficient (Wildman–Crippen LogP) is 2.39. The molecule has 0 saturated heterocycles. The second-order valence-corrected chi connectivity index (χ2v) is 2.62. The molecule has 0 atom stereocenters. The Labute approximate surface area is 74.0 Å². The molecule has 3 nitrogen and oxygen atoms in total. The second kappa shape index (κ2) is 2.95. The fraction of sp³-hybridized carbons (Fsp3) is 0. The first-order valence-corrected chi connectivity index (χ1v) is 3.77. The Hall–Kier alpha value is -1.35. The molecule has 0 aliphatic carbocycles. The standard InChI is InChI=1S/C8H5ClN2O/c9-8-5-7(11-12-8)6-1-3-10-4-2-6/h1-5H. The molecule has 0 N–H and O–H groups in total. The molecule has 0 bridgehead atoms. The molecule has 0 aliphatic rings. The summed E-state index contributed by atoms with van der Waals surface area (Å²) in [6, 6.07) is 5.35. The van der Waals surface area contributed by atoms with Gasteiger partial charge in [-0.3, -0.25) is 4.98 Å². The average Bonchev–Trinajstić information content (AvgIpc) is 2.54. The van der Waals surface area contributed by atoms with Crippen molar-refractivity contribution in [1.29, 1.82) is 0 Å². The van der Waals surface area contributed by atoms with Gasteiger partial charge in [0.25, 0.3) is 0 Å². The van der Waals surface area contributed by atoms with Crippen molar-refractivity contribution in [1.82, 2.24) is 10.1 Å². The van der Waals surface area contributed by atoms with Crippen LogP contribution in [0.2, 0.25) is 5.22 Å². The number of pyridine rings is 1. The highest BCUT2D eigenvalue weighted by molar-refractivity contribution is 6.29. The molecule has 0 radical (unpaired) electrons. The van der Waals surface area contributed by atoms with Crippen LogP contribution in [0, 0.1) is 0 Å². The molecule has 2 heterocycles. The summed E-state index contributed by atoms with van der Waals surface area (Å²) in [5, 5.41) is 4.04. The molecule has 0 unspecified atom stereocenters. The van der Waals surface area contributed by atoms with Crippen molar-refractivity contribution in [3.8, 4) is 11.3 Å². The molecule has 0 aliphatic heterocycles. The van der Waals surface area contributed by atoms with Crippen LogP contribution in [0.5, 0.6) is 0 Å². The van der Waals surface area contributed by atoms with E-state index in [4.69, 9.17) is 16.1 Å². The number of hydrogen-bond acceptors (Lipinski definition) is 3. The Morgan fingerprint density at radius 2 is 2.00 bits per heavy atom. The number of halogens is 1. The van der Waals surface area contributed by atoms with E-state index in [1.165, 1.54) is 0 Å². The van der Waals surface area contributed by atoms with Gasteiger partial charge < -0.3 is 4.52 Å². The van der Waals surface area contributed by atoms with E-state index in [0.29, 0.717) is 5.22 Å². The van der Waals surface area contributed by atoms with Crippen LogP contribution in [-0.4, -0.2) is 10.1 Å². The SMILES string of the molecule is Clc1cc(-c2ccncc2)no1. The van der Waals surface area contributed by atoms with Crippen LogP contribution in [0.1, 0.15) is 0 Å². The van der Waals surface area contributed by atoms with Gasteiger partial charge in [0.1, 0.15) is 5.69 Å². The second-order valence-electron chi connectivity index (χ2n) is 2.25. The summed E-state index contributed by atoms with van der Waals surface area (Å²) >= 11 is 5.57. The van der Waals surface area contributed by atoms with Crippen LogP contribution >= 0.6 is 11.6 Å². The normalized spacial score (nSPS) is 10.1. The first-order chi connectivity index (χ1) is 5.86. The number of aromatic nitrogens is 2. The lowest BCUT2D eigenvalue weighted by Gasteiger charge is -1.90. The van der Waals surface area contributed by atoms with E-state index in [0.717, 1.165) is 11.3 Å². The van der Waals surface area contributed by atoms with Crippen LogP contribution < -0.4 is 0 Å². The fourth-order valence-corrected chi connectivity index (χ4v) is 1.05. The quantitative estimate of drug-likeness (QED) is 0.677. The molecule has 0 saturated carbocycles. The Bertz CT molecular complexity index is 372. The minimum Gasteiger partial charge on any atom is -0.344 e. The van der Waals surface area contributed by atoms with Crippen LogP contribution in [0.3, 0.4) is 0 Å². The van der Waals surface area contributed by atoms with E-state index in [2.05, 4.69) is 10.1 Å². The van der Waals surface area contributed by atoms with Gasteiger partial charge in [0, 0.05) is 24.0 Å². The molecule has 2 aromatic rings. The van der Waals surface area contributed by atoms with E-state index >= 15 is 0 Å². The van der Waals surface area contributed by atoms with Crippen molar-refractivity contribution in [3.05, 3.63) is 35.8 Å². The molecule has 0 fully saturated rings. The zero-order valence-corrected chi connectivity index (χ0v) is 6.82. The maximum absolute atomic E-state index is 5.57. The van der Waals surface area contributed by atoms with Gasteiger partial charge in [-0.25, -0.2) is 0 Å². The van der Waals surface area contributed by atoms with Crippen LogP contribution in [0.4, 0.5) is 0 Å². The Balaban J connectivity index is 2.45. The summed E-state index contributed by atoms with van der Waals surface area (Å²) in [4.78, 5) is 3.89. The fourth-order valence-electron chi connectivity index (χ4n) is 0.912. The summed E-state index contributed by atoms with van der Waals surface area (Å²) in [5.74, 6) is 0. The Morgan fingerprint density at radius 1 is 1.25 bits per heavy atom. The van der Waals surface area contributed by atoms with Crippen LogP contribution in [-0.2, 0) is 0 Å². The molecule has 2 rings (SSSR count). The predicted molar refractivity (Wildman–Crippen MR) is 44.7 cm³/mol. The first-order valence-electron chi connectivity index (χ1n) is 3.39. The first kappa shape index (κ1) is 7.31. The van der Waals surface area contributed by atoms with Gasteiger partial charge in [-0.2, -0.15) is 0 Å². The summed E-state index contributed by atoms with van der Waals surface area (Å²) in [6.45, 7) is 0. The number of hydrogen-bond donors (Lipinski definition) is 0. The third kappa shape index (κ3) is 1.31. The van der Waals surface area contributed by atoms with Crippen molar-refractivity contribution < 1.29 is 4.52 Å². The molecule has 4 heteroatoms. The smallest absolute Gasteiger partial charge is 0.226 e. The van der Waals surface area contributed by atoms with E-state index in [-0.39, 0.29) is 0 Å². The van der Waals surface area contributed by atoms with Crippen molar-refractivity contribution in [2.45, 2.75) is 0 Å². The van der Waals surface area contributed by atoms with Gasteiger partial charge in [-0.15, -0.1) is 0 Å². The lowest BCUT2D eigenvalue weighted by molar-refractivity contribution is 0.424. The van der Waals surface area contributed by atoms with Gasteiger partial charge in [0.05, 0.1) is 0 Å². The number of rotatable bonds is 1. The summed E-state index contributed by atoms with van der Waals surface area (Å²) in [6.07, 6.45) is 3.38. The lowest BCUT2D eigenvalue weighted by atomic mass is 10.2. The number of nitrogens with zero attached hydrogens (tertiary/aromatic N) is 2. The zero-order valence-electron chi connectivity index (χ0n) is 6.07. The van der Waals surface area contributed by atoms with Crippen molar-refractivity contribution >= 4 is 11.6 Å². The third-order valence-electron chi connectivity index (χ3n) is 1.46. The molecular weight excluding hydrogens is 176 g/mol. The van der Waals surface area contributed by atoms with Gasteiger partial charge in [0.2, 0.25) is 5.22 Å². The zero-order chi connectivity index (χ0) is 8.39. The van der Waals surface area contributed by atoms with Crippen molar-refractivity contribution in [2.24, 2.45) is 0 Å². The Kier molecular flexibility index (Phi) is 1.80. The molecular formula is C8H5ClN2O.